The van der Waals surface area contributed by atoms with Crippen LogP contribution in [-0.2, 0) is 0 Å². The second-order valence-corrected chi connectivity index (χ2v) is 37.6. The van der Waals surface area contributed by atoms with Crippen molar-refractivity contribution in [3.05, 3.63) is 511 Å². The van der Waals surface area contributed by atoms with E-state index in [1.54, 1.807) is 24.4 Å². The van der Waals surface area contributed by atoms with Gasteiger partial charge in [-0.1, -0.05) is 442 Å². The molecule has 147 heavy (non-hydrogen) atoms. The molecule has 0 radical (unpaired) electrons. The first-order chi connectivity index (χ1) is 72.2. The van der Waals surface area contributed by atoms with Crippen LogP contribution >= 0.6 is 47.8 Å². The quantitative estimate of drug-likeness (QED) is 0.0522. The number of hydrogen-bond acceptors (Lipinski definition) is 15. The molecule has 0 bridgehead atoms. The molecule has 20 aromatic carbocycles. The molecule has 0 aliphatic rings. The van der Waals surface area contributed by atoms with Crippen LogP contribution < -0.4 is 10.9 Å². The first-order valence-corrected chi connectivity index (χ1v) is 50.1. The van der Waals surface area contributed by atoms with Crippen LogP contribution in [0.25, 0.3) is 223 Å². The molecule has 25 aromatic rings. The van der Waals surface area contributed by atoms with E-state index in [2.05, 4.69) is 240 Å². The maximum Gasteiger partial charge on any atom is 0.488 e. The molecular formula is C127H86B2Br3N11O4. The van der Waals surface area contributed by atoms with Crippen molar-refractivity contribution in [2.75, 3.05) is 0 Å². The highest BCUT2D eigenvalue weighted by Crippen LogP contribution is 2.41. The van der Waals surface area contributed by atoms with Crippen LogP contribution in [0.1, 0.15) is 0 Å². The third-order valence-corrected chi connectivity index (χ3v) is 26.5. The summed E-state index contributed by atoms with van der Waals surface area (Å²) < 4.78 is 2.89. The fourth-order valence-electron chi connectivity index (χ4n) is 17.8. The van der Waals surface area contributed by atoms with E-state index >= 15 is 0 Å². The second kappa shape index (κ2) is 44.7. The van der Waals surface area contributed by atoms with Crippen molar-refractivity contribution in [1.29, 1.82) is 0 Å². The molecule has 20 heteroatoms. The molecule has 700 valence electrons. The molecule has 0 fully saturated rings. The zero-order chi connectivity index (χ0) is 99.9. The fourth-order valence-corrected chi connectivity index (χ4v) is 19.6. The topological polar surface area (TPSA) is 223 Å². The average molecular weight is 2090 g/mol. The van der Waals surface area contributed by atoms with Gasteiger partial charge in [0.15, 0.2) is 52.4 Å². The Labute approximate surface area is 875 Å². The molecule has 0 atom stereocenters. The fraction of sp³-hybridized carbons (Fsp3) is 0. The summed E-state index contributed by atoms with van der Waals surface area (Å²) in [5, 5.41) is 50.6. The van der Waals surface area contributed by atoms with Gasteiger partial charge in [-0.25, -0.2) is 44.9 Å². The van der Waals surface area contributed by atoms with Crippen molar-refractivity contribution in [3.8, 4) is 158 Å². The Hall–Kier alpha value is -17.3. The van der Waals surface area contributed by atoms with Gasteiger partial charge in [-0.2, -0.15) is 0 Å². The Morgan fingerprint density at radius 2 is 0.381 bits per heavy atom. The average Bonchev–Trinajstić information content (AvgIpc) is 0.775. The molecule has 0 amide bonds. The molecule has 0 unspecified atom stereocenters. The number of fused-ring (bicyclic) bond motifs is 9. The minimum absolute atomic E-state index is 0.481. The lowest BCUT2D eigenvalue weighted by Gasteiger charge is -2.13. The molecule has 0 saturated carbocycles. The predicted octanol–water partition coefficient (Wildman–Crippen LogP) is 29.7. The van der Waals surface area contributed by atoms with E-state index < -0.39 is 14.2 Å². The summed E-state index contributed by atoms with van der Waals surface area (Å²) in [7, 11) is -2.83. The lowest BCUT2D eigenvalue weighted by Crippen LogP contribution is -2.29. The van der Waals surface area contributed by atoms with Crippen LogP contribution in [0.5, 0.6) is 0 Å². The number of aromatic nitrogens is 11. The first kappa shape index (κ1) is 95.9. The van der Waals surface area contributed by atoms with E-state index in [4.69, 9.17) is 65.0 Å². The van der Waals surface area contributed by atoms with E-state index in [0.29, 0.717) is 63.3 Å². The predicted molar refractivity (Wildman–Crippen MR) is 612 cm³/mol. The van der Waals surface area contributed by atoms with Crippen LogP contribution in [0.2, 0.25) is 0 Å². The number of rotatable bonds is 16. The third-order valence-electron chi connectivity index (χ3n) is 25.1. The first-order valence-electron chi connectivity index (χ1n) is 47.7. The number of benzene rings is 20. The van der Waals surface area contributed by atoms with Crippen molar-refractivity contribution in [3.63, 3.8) is 0 Å². The number of pyridine rings is 2. The van der Waals surface area contributed by atoms with Crippen molar-refractivity contribution in [1.82, 2.24) is 54.8 Å². The maximum atomic E-state index is 9.15. The number of halogens is 3. The summed E-state index contributed by atoms with van der Waals surface area (Å²) >= 11 is 10.8. The second-order valence-electron chi connectivity index (χ2n) is 34.9. The highest BCUT2D eigenvalue weighted by Gasteiger charge is 2.22. The van der Waals surface area contributed by atoms with E-state index in [1.165, 1.54) is 53.9 Å². The summed E-state index contributed by atoms with van der Waals surface area (Å²) in [6.45, 7) is 0. The molecule has 0 aliphatic carbocycles. The van der Waals surface area contributed by atoms with Gasteiger partial charge in [0.05, 0.1) is 11.4 Å². The normalized spacial score (nSPS) is 11.0. The van der Waals surface area contributed by atoms with Crippen LogP contribution in [-0.4, -0.2) is 89.2 Å². The summed E-state index contributed by atoms with van der Waals surface area (Å²) in [5.41, 5.74) is 20.0. The molecule has 15 nitrogen and oxygen atoms in total. The Balaban J connectivity index is 0.000000116. The monoisotopic (exact) mass is 2090 g/mol. The highest BCUT2D eigenvalue weighted by atomic mass is 79.9. The van der Waals surface area contributed by atoms with E-state index in [1.807, 2.05) is 291 Å². The van der Waals surface area contributed by atoms with Crippen LogP contribution in [0.4, 0.5) is 0 Å². The van der Waals surface area contributed by atoms with Gasteiger partial charge in [-0.15, -0.1) is 0 Å². The molecule has 25 rings (SSSR count). The van der Waals surface area contributed by atoms with Gasteiger partial charge < -0.3 is 20.1 Å². The van der Waals surface area contributed by atoms with E-state index in [0.717, 1.165) is 130 Å². The Morgan fingerprint density at radius 1 is 0.150 bits per heavy atom. The lowest BCUT2D eigenvalue weighted by molar-refractivity contribution is 0.424. The molecule has 5 aromatic heterocycles. The standard InChI is InChI=1S/C46H30N4.C35H22BrN3.C21H13Br2N3.C14H11BO2.C11H10BNO2/c1-3-12-34(13-4-1)44-48-45(35-14-5-2-6-15-35)50-46(49-44)40-29-38(31-18-21-33(22-19-31)43-17-9-10-26-47-43)28-39(30-40)36-24-25-42-37(27-36)23-20-32-11-7-8-16-41(32)42;36-30-21-28(26-17-18-32-27(19-26)16-15-23-9-7-8-14-31(23)32)20-29(22-30)35-38-33(24-10-3-1-4-11-24)37-34(39-35)25-12-5-2-6-13-25;22-17-11-16(12-18(23)13-17)21-25-19(14-7-3-1-4-8-14)24-20(26-21)15-9-5-2-6-10-15;16-15(17)12-7-8-14-11(9-12)6-5-10-3-1-2-4-13(10)14;14-12(15)10-6-4-9(5-7-10)11-3-1-2-8-13-11/h1-30H;1-22H;1-13H;1-9,16-17H;1-8,14-15H. The van der Waals surface area contributed by atoms with Gasteiger partial charge in [0.1, 0.15) is 0 Å². The molecule has 5 heterocycles. The molecule has 4 N–H and O–H groups in total. The third kappa shape index (κ3) is 22.7. The van der Waals surface area contributed by atoms with E-state index in [9.17, 15) is 0 Å². The highest BCUT2D eigenvalue weighted by molar-refractivity contribution is 9.11. The molecular weight excluding hydrogens is 2000 g/mol. The number of hydrogen-bond donors (Lipinski definition) is 4. The van der Waals surface area contributed by atoms with Gasteiger partial charge in [-0.05, 0) is 200 Å². The smallest absolute Gasteiger partial charge is 0.423 e. The molecule has 0 aliphatic heterocycles. The van der Waals surface area contributed by atoms with Gasteiger partial charge >= 0.3 is 14.2 Å². The van der Waals surface area contributed by atoms with Crippen LogP contribution in [0.3, 0.4) is 0 Å². The largest absolute Gasteiger partial charge is 0.488 e. The Kier molecular flexibility index (Phi) is 29.1. The summed E-state index contributed by atoms with van der Waals surface area (Å²) in [4.78, 5) is 52.6. The van der Waals surface area contributed by atoms with Crippen molar-refractivity contribution in [2.45, 2.75) is 0 Å². The summed E-state index contributed by atoms with van der Waals surface area (Å²) in [6, 6.07) is 164. The SMILES string of the molecule is Brc1cc(-c2ccc3c(ccc4ccccc43)c2)cc(-c2nc(-c3ccccc3)nc(-c3ccccc3)n2)c1.Brc1cc(Br)cc(-c2nc(-c3ccccc3)nc(-c3ccccc3)n2)c1.OB(O)c1ccc(-c2ccccn2)cc1.OB(O)c1ccc2c(ccc3ccccc32)c1.c1ccc(-c2nc(-c3ccccc3)nc(-c3cc(-c4ccc(-c5ccccn5)cc4)cc(-c4ccc5c(ccc6ccccc65)c4)c3)n2)cc1. The maximum absolute atomic E-state index is 9.15. The van der Waals surface area contributed by atoms with Crippen molar-refractivity contribution >= 4 is 138 Å². The lowest BCUT2D eigenvalue weighted by atomic mass is 9.79. The molecule has 0 saturated heterocycles. The molecule has 0 spiro atoms. The summed E-state index contributed by atoms with van der Waals surface area (Å²) in [6.07, 6.45) is 3.55. The van der Waals surface area contributed by atoms with Crippen molar-refractivity contribution in [2.24, 2.45) is 0 Å². The van der Waals surface area contributed by atoms with Gasteiger partial charge in [0, 0.05) is 87.0 Å². The Bertz CT molecular complexity index is 8820. The van der Waals surface area contributed by atoms with Gasteiger partial charge in [0.25, 0.3) is 0 Å². The van der Waals surface area contributed by atoms with Crippen LogP contribution in [0.15, 0.2) is 511 Å². The number of nitrogens with zero attached hydrogens (tertiary/aromatic N) is 11. The van der Waals surface area contributed by atoms with Gasteiger partial charge in [0.2, 0.25) is 0 Å². The van der Waals surface area contributed by atoms with Gasteiger partial charge in [-0.3, -0.25) is 9.97 Å². The van der Waals surface area contributed by atoms with Crippen LogP contribution in [0, 0.1) is 0 Å². The Morgan fingerprint density at radius 3 is 0.721 bits per heavy atom. The minimum atomic E-state index is -1.41. The van der Waals surface area contributed by atoms with Crippen molar-refractivity contribution < 1.29 is 20.1 Å². The zero-order valence-corrected chi connectivity index (χ0v) is 83.6. The summed E-state index contributed by atoms with van der Waals surface area (Å²) in [5.74, 6) is 5.79. The minimum Gasteiger partial charge on any atom is -0.423 e. The zero-order valence-electron chi connectivity index (χ0n) is 78.8. The van der Waals surface area contributed by atoms with E-state index in [-0.39, 0.29) is 0 Å².